The number of aromatic amines is 1. The van der Waals surface area contributed by atoms with Crippen LogP contribution in [0, 0.1) is 0 Å². The SMILES string of the molecule is C[C@H](Nc1ncnc2[nH]ccc(=O)c12)c1c(Cl)c2cccc(C3CC3)c2c(=O)n1-c1ccccc1. The quantitative estimate of drug-likeness (QED) is 0.352. The molecule has 0 spiro atoms. The van der Waals surface area contributed by atoms with Gasteiger partial charge in [-0.05, 0) is 43.4 Å². The molecule has 0 aliphatic heterocycles. The van der Waals surface area contributed by atoms with Crippen LogP contribution in [-0.2, 0) is 0 Å². The molecule has 2 aromatic carbocycles. The van der Waals surface area contributed by atoms with Crippen LogP contribution in [0.15, 0.2) is 76.7 Å². The zero-order valence-electron chi connectivity index (χ0n) is 19.0. The van der Waals surface area contributed by atoms with Crippen LogP contribution in [0.25, 0.3) is 27.5 Å². The van der Waals surface area contributed by atoms with E-state index in [1.165, 1.54) is 12.4 Å². The summed E-state index contributed by atoms with van der Waals surface area (Å²) < 4.78 is 1.68. The third-order valence-electron chi connectivity index (χ3n) is 6.56. The first-order chi connectivity index (χ1) is 17.0. The van der Waals surface area contributed by atoms with Crippen LogP contribution < -0.4 is 16.3 Å². The summed E-state index contributed by atoms with van der Waals surface area (Å²) in [4.78, 5) is 38.1. The maximum absolute atomic E-state index is 14.1. The predicted octanol–water partition coefficient (Wildman–Crippen LogP) is 5.33. The van der Waals surface area contributed by atoms with Crippen LogP contribution in [0.5, 0.6) is 0 Å². The van der Waals surface area contributed by atoms with Gasteiger partial charge in [0.05, 0.1) is 22.1 Å². The lowest BCUT2D eigenvalue weighted by Gasteiger charge is -2.24. The molecule has 6 rings (SSSR count). The van der Waals surface area contributed by atoms with Gasteiger partial charge in [-0.1, -0.05) is 48.0 Å². The van der Waals surface area contributed by atoms with Crippen LogP contribution in [0.4, 0.5) is 5.82 Å². The molecule has 3 heterocycles. The summed E-state index contributed by atoms with van der Waals surface area (Å²) >= 11 is 7.08. The molecule has 8 heteroatoms. The molecule has 35 heavy (non-hydrogen) atoms. The highest BCUT2D eigenvalue weighted by Crippen LogP contribution is 2.44. The van der Waals surface area contributed by atoms with Crippen LogP contribution in [-0.4, -0.2) is 19.5 Å². The van der Waals surface area contributed by atoms with Gasteiger partial charge in [-0.2, -0.15) is 0 Å². The van der Waals surface area contributed by atoms with Crippen molar-refractivity contribution < 1.29 is 0 Å². The molecule has 3 aromatic heterocycles. The molecule has 0 saturated heterocycles. The van der Waals surface area contributed by atoms with E-state index < -0.39 is 6.04 Å². The van der Waals surface area contributed by atoms with E-state index in [-0.39, 0.29) is 11.0 Å². The number of pyridine rings is 2. The number of anilines is 1. The van der Waals surface area contributed by atoms with Gasteiger partial charge in [-0.15, -0.1) is 0 Å². The van der Waals surface area contributed by atoms with E-state index in [4.69, 9.17) is 11.6 Å². The lowest BCUT2D eigenvalue weighted by Crippen LogP contribution is -2.27. The molecular formula is C27H22ClN5O2. The Bertz CT molecular complexity index is 1700. The van der Waals surface area contributed by atoms with Crippen molar-refractivity contribution in [1.82, 2.24) is 19.5 Å². The van der Waals surface area contributed by atoms with Gasteiger partial charge in [0.25, 0.3) is 5.56 Å². The number of nitrogens with zero attached hydrogens (tertiary/aromatic N) is 3. The van der Waals surface area contributed by atoms with Gasteiger partial charge in [0.2, 0.25) is 0 Å². The summed E-state index contributed by atoms with van der Waals surface area (Å²) in [5.41, 5.74) is 2.50. The molecule has 1 fully saturated rings. The lowest BCUT2D eigenvalue weighted by atomic mass is 10.00. The molecule has 0 bridgehead atoms. The summed E-state index contributed by atoms with van der Waals surface area (Å²) in [5, 5.41) is 5.58. The van der Waals surface area contributed by atoms with E-state index in [1.54, 1.807) is 10.8 Å². The van der Waals surface area contributed by atoms with Crippen LogP contribution in [0.1, 0.15) is 43.0 Å². The molecule has 1 saturated carbocycles. The molecule has 1 aliphatic rings. The first-order valence-corrected chi connectivity index (χ1v) is 11.9. The Labute approximate surface area is 205 Å². The standard InChI is InChI=1S/C27H22ClN5O2/c1-15(32-26-22-20(34)12-13-29-25(22)30-14-31-26)24-23(28)19-9-5-8-18(16-10-11-16)21(19)27(35)33(24)17-6-3-2-4-7-17/h2-9,12-16H,10-11H2,1H3,(H2,29,30,31,32,34)/t15-/m0/s1. The molecule has 7 nitrogen and oxygen atoms in total. The highest BCUT2D eigenvalue weighted by atomic mass is 35.5. The van der Waals surface area contributed by atoms with Gasteiger partial charge in [0.15, 0.2) is 5.43 Å². The number of hydrogen-bond donors (Lipinski definition) is 2. The average Bonchev–Trinajstić information content (AvgIpc) is 3.72. The normalized spacial score (nSPS) is 14.3. The monoisotopic (exact) mass is 483 g/mol. The molecule has 0 unspecified atom stereocenters. The van der Waals surface area contributed by atoms with Crippen molar-refractivity contribution in [2.45, 2.75) is 31.7 Å². The number of nitrogens with one attached hydrogen (secondary N) is 2. The van der Waals surface area contributed by atoms with Crippen molar-refractivity contribution in [3.8, 4) is 5.69 Å². The first-order valence-electron chi connectivity index (χ1n) is 11.6. The molecule has 1 atom stereocenters. The lowest BCUT2D eigenvalue weighted by molar-refractivity contribution is 0.774. The Morgan fingerprint density at radius 3 is 2.60 bits per heavy atom. The Morgan fingerprint density at radius 1 is 1.03 bits per heavy atom. The number of para-hydroxylation sites is 1. The fourth-order valence-electron chi connectivity index (χ4n) is 4.79. The van der Waals surface area contributed by atoms with Crippen molar-refractivity contribution in [2.75, 3.05) is 5.32 Å². The number of H-pyrrole nitrogens is 1. The van der Waals surface area contributed by atoms with Crippen molar-refractivity contribution in [1.29, 1.82) is 0 Å². The Hall–Kier alpha value is -3.97. The zero-order chi connectivity index (χ0) is 24.1. The van der Waals surface area contributed by atoms with Gasteiger partial charge in [0.1, 0.15) is 23.2 Å². The van der Waals surface area contributed by atoms with Gasteiger partial charge < -0.3 is 10.3 Å². The Balaban J connectivity index is 1.60. The second kappa shape index (κ2) is 8.36. The highest BCUT2D eigenvalue weighted by Gasteiger charge is 2.29. The molecule has 0 radical (unpaired) electrons. The number of halogens is 1. The Morgan fingerprint density at radius 2 is 1.83 bits per heavy atom. The fraction of sp³-hybridized carbons (Fsp3) is 0.185. The van der Waals surface area contributed by atoms with Crippen molar-refractivity contribution in [3.63, 3.8) is 0 Å². The molecule has 1 aliphatic carbocycles. The molecule has 0 amide bonds. The van der Waals surface area contributed by atoms with Gasteiger partial charge in [0, 0.05) is 23.3 Å². The van der Waals surface area contributed by atoms with Crippen molar-refractivity contribution in [2.24, 2.45) is 0 Å². The number of aromatic nitrogens is 4. The van der Waals surface area contributed by atoms with Gasteiger partial charge in [-0.25, -0.2) is 9.97 Å². The van der Waals surface area contributed by atoms with E-state index in [9.17, 15) is 9.59 Å². The predicted molar refractivity (Wildman–Crippen MR) is 139 cm³/mol. The third kappa shape index (κ3) is 3.59. The van der Waals surface area contributed by atoms with E-state index >= 15 is 0 Å². The molecule has 5 aromatic rings. The largest absolute Gasteiger partial charge is 0.361 e. The van der Waals surface area contributed by atoms with Gasteiger partial charge >= 0.3 is 0 Å². The van der Waals surface area contributed by atoms with E-state index in [0.29, 0.717) is 38.9 Å². The van der Waals surface area contributed by atoms with Crippen LogP contribution in [0.3, 0.4) is 0 Å². The van der Waals surface area contributed by atoms with Crippen LogP contribution in [0.2, 0.25) is 5.02 Å². The highest BCUT2D eigenvalue weighted by molar-refractivity contribution is 6.36. The van der Waals surface area contributed by atoms with E-state index in [0.717, 1.165) is 29.5 Å². The summed E-state index contributed by atoms with van der Waals surface area (Å²) in [6, 6.07) is 16.4. The summed E-state index contributed by atoms with van der Waals surface area (Å²) in [6.45, 7) is 1.90. The summed E-state index contributed by atoms with van der Waals surface area (Å²) in [6.07, 6.45) is 5.10. The third-order valence-corrected chi connectivity index (χ3v) is 6.96. The zero-order valence-corrected chi connectivity index (χ0v) is 19.7. The topological polar surface area (TPSA) is 92.7 Å². The van der Waals surface area contributed by atoms with Gasteiger partial charge in [-0.3, -0.25) is 14.2 Å². The van der Waals surface area contributed by atoms with E-state index in [1.807, 2.05) is 55.5 Å². The molecular weight excluding hydrogens is 462 g/mol. The summed E-state index contributed by atoms with van der Waals surface area (Å²) in [7, 11) is 0. The minimum atomic E-state index is -0.456. The maximum Gasteiger partial charge on any atom is 0.263 e. The summed E-state index contributed by atoms with van der Waals surface area (Å²) in [5.74, 6) is 0.770. The minimum absolute atomic E-state index is 0.104. The van der Waals surface area contributed by atoms with E-state index in [2.05, 4.69) is 20.3 Å². The molecule has 174 valence electrons. The van der Waals surface area contributed by atoms with Crippen molar-refractivity contribution in [3.05, 3.63) is 104 Å². The van der Waals surface area contributed by atoms with Crippen molar-refractivity contribution >= 4 is 39.2 Å². The number of hydrogen-bond acceptors (Lipinski definition) is 5. The minimum Gasteiger partial charge on any atom is -0.361 e. The number of benzene rings is 2. The molecule has 2 N–H and O–H groups in total. The maximum atomic E-state index is 14.1. The second-order valence-electron chi connectivity index (χ2n) is 8.87. The Kier molecular flexibility index (Phi) is 5.15. The second-order valence-corrected chi connectivity index (χ2v) is 9.25. The smallest absolute Gasteiger partial charge is 0.263 e. The number of fused-ring (bicyclic) bond motifs is 2. The van der Waals surface area contributed by atoms with Crippen LogP contribution >= 0.6 is 11.6 Å². The number of rotatable bonds is 5. The first kappa shape index (κ1) is 21.6. The average molecular weight is 484 g/mol. The fourth-order valence-corrected chi connectivity index (χ4v) is 5.20.